The van der Waals surface area contributed by atoms with E-state index in [9.17, 15) is 13.2 Å². The molecule has 0 radical (unpaired) electrons. The third-order valence-electron chi connectivity index (χ3n) is 2.76. The van der Waals surface area contributed by atoms with E-state index in [0.717, 1.165) is 12.5 Å². The molecule has 0 saturated heterocycles. The van der Waals surface area contributed by atoms with Gasteiger partial charge < -0.3 is 10.6 Å². The summed E-state index contributed by atoms with van der Waals surface area (Å²) in [5.41, 5.74) is 0. The van der Waals surface area contributed by atoms with Crippen LogP contribution >= 0.6 is 0 Å². The van der Waals surface area contributed by atoms with Crippen molar-refractivity contribution in [3.05, 3.63) is 0 Å². The molecule has 1 aliphatic carbocycles. The SMILES string of the molecule is FC(F)(F)CNCCNCCC1CCC1. The van der Waals surface area contributed by atoms with Gasteiger partial charge >= 0.3 is 6.18 Å². The van der Waals surface area contributed by atoms with E-state index in [-0.39, 0.29) is 0 Å². The van der Waals surface area contributed by atoms with E-state index in [0.29, 0.717) is 13.1 Å². The van der Waals surface area contributed by atoms with E-state index >= 15 is 0 Å². The molecule has 2 N–H and O–H groups in total. The molecular weight excluding hydrogens is 205 g/mol. The highest BCUT2D eigenvalue weighted by Crippen LogP contribution is 2.28. The Morgan fingerprint density at radius 3 is 2.20 bits per heavy atom. The zero-order valence-corrected chi connectivity index (χ0v) is 8.87. The predicted molar refractivity (Wildman–Crippen MR) is 53.8 cm³/mol. The fraction of sp³-hybridized carbons (Fsp3) is 1.00. The normalized spacial score (nSPS) is 17.8. The summed E-state index contributed by atoms with van der Waals surface area (Å²) in [4.78, 5) is 0. The summed E-state index contributed by atoms with van der Waals surface area (Å²) in [7, 11) is 0. The van der Waals surface area contributed by atoms with Gasteiger partial charge in [0.05, 0.1) is 6.54 Å². The van der Waals surface area contributed by atoms with Gasteiger partial charge in [0, 0.05) is 13.1 Å². The lowest BCUT2D eigenvalue weighted by Gasteiger charge is -2.25. The van der Waals surface area contributed by atoms with Crippen LogP contribution in [0.4, 0.5) is 13.2 Å². The van der Waals surface area contributed by atoms with Gasteiger partial charge in [0.1, 0.15) is 0 Å². The summed E-state index contributed by atoms with van der Waals surface area (Å²) in [5, 5.41) is 5.49. The van der Waals surface area contributed by atoms with Crippen molar-refractivity contribution in [2.75, 3.05) is 26.2 Å². The van der Waals surface area contributed by atoms with Gasteiger partial charge in [-0.1, -0.05) is 19.3 Å². The number of halogens is 3. The Morgan fingerprint density at radius 2 is 1.67 bits per heavy atom. The Morgan fingerprint density at radius 1 is 1.00 bits per heavy atom. The van der Waals surface area contributed by atoms with E-state index in [1.807, 2.05) is 0 Å². The average molecular weight is 224 g/mol. The molecule has 1 fully saturated rings. The van der Waals surface area contributed by atoms with E-state index in [1.165, 1.54) is 25.7 Å². The van der Waals surface area contributed by atoms with Crippen LogP contribution in [0.25, 0.3) is 0 Å². The van der Waals surface area contributed by atoms with E-state index in [2.05, 4.69) is 10.6 Å². The third kappa shape index (κ3) is 6.73. The van der Waals surface area contributed by atoms with Crippen LogP contribution < -0.4 is 10.6 Å². The minimum absolute atomic E-state index is 0.379. The van der Waals surface area contributed by atoms with Crippen molar-refractivity contribution in [2.24, 2.45) is 5.92 Å². The molecule has 1 aliphatic rings. The highest BCUT2D eigenvalue weighted by molar-refractivity contribution is 4.70. The number of alkyl halides is 3. The van der Waals surface area contributed by atoms with Crippen molar-refractivity contribution < 1.29 is 13.2 Å². The van der Waals surface area contributed by atoms with Gasteiger partial charge in [-0.2, -0.15) is 13.2 Å². The Balaban J connectivity index is 1.76. The van der Waals surface area contributed by atoms with Gasteiger partial charge in [0.15, 0.2) is 0 Å². The average Bonchev–Trinajstić information content (AvgIpc) is 2.04. The van der Waals surface area contributed by atoms with Gasteiger partial charge in [-0.3, -0.25) is 0 Å². The summed E-state index contributed by atoms with van der Waals surface area (Å²) in [6, 6.07) is 0. The van der Waals surface area contributed by atoms with Gasteiger partial charge in [-0.25, -0.2) is 0 Å². The first-order valence-corrected chi connectivity index (χ1v) is 5.56. The zero-order chi connectivity index (χ0) is 11.1. The second-order valence-electron chi connectivity index (χ2n) is 4.13. The van der Waals surface area contributed by atoms with Gasteiger partial charge in [0.2, 0.25) is 0 Å². The Hall–Kier alpha value is -0.290. The maximum Gasteiger partial charge on any atom is 0.401 e. The van der Waals surface area contributed by atoms with Crippen LogP contribution in [-0.2, 0) is 0 Å². The molecule has 5 heteroatoms. The maximum absolute atomic E-state index is 11.7. The van der Waals surface area contributed by atoms with Crippen molar-refractivity contribution in [1.29, 1.82) is 0 Å². The first-order valence-electron chi connectivity index (χ1n) is 5.56. The number of hydrogen-bond donors (Lipinski definition) is 2. The summed E-state index contributed by atoms with van der Waals surface area (Å²) < 4.78 is 35.1. The Kier molecular flexibility index (Phi) is 5.39. The maximum atomic E-state index is 11.7. The van der Waals surface area contributed by atoms with Crippen LogP contribution in [0.5, 0.6) is 0 Å². The molecule has 0 amide bonds. The highest BCUT2D eigenvalue weighted by Gasteiger charge is 2.25. The van der Waals surface area contributed by atoms with Crippen molar-refractivity contribution in [1.82, 2.24) is 10.6 Å². The molecule has 1 rings (SSSR count). The molecule has 2 nitrogen and oxygen atoms in total. The Bertz CT molecular complexity index is 167. The van der Waals surface area contributed by atoms with Crippen LogP contribution in [0.3, 0.4) is 0 Å². The second-order valence-corrected chi connectivity index (χ2v) is 4.13. The molecule has 0 heterocycles. The van der Waals surface area contributed by atoms with Crippen molar-refractivity contribution in [2.45, 2.75) is 31.9 Å². The fourth-order valence-corrected chi connectivity index (χ4v) is 1.62. The van der Waals surface area contributed by atoms with Crippen LogP contribution in [0, 0.1) is 5.92 Å². The fourth-order valence-electron chi connectivity index (χ4n) is 1.62. The summed E-state index contributed by atoms with van der Waals surface area (Å²) in [6.45, 7) is 1.03. The molecule has 0 aliphatic heterocycles. The summed E-state index contributed by atoms with van der Waals surface area (Å²) >= 11 is 0. The smallest absolute Gasteiger partial charge is 0.315 e. The number of hydrogen-bond acceptors (Lipinski definition) is 2. The molecule has 1 saturated carbocycles. The van der Waals surface area contributed by atoms with Gasteiger partial charge in [-0.05, 0) is 18.9 Å². The summed E-state index contributed by atoms with van der Waals surface area (Å²) in [6.07, 6.45) is 1.07. The van der Waals surface area contributed by atoms with Crippen molar-refractivity contribution in [3.63, 3.8) is 0 Å². The lowest BCUT2D eigenvalue weighted by molar-refractivity contribution is -0.124. The second kappa shape index (κ2) is 6.33. The number of rotatable bonds is 7. The topological polar surface area (TPSA) is 24.1 Å². The Labute approximate surface area is 88.6 Å². The third-order valence-corrected chi connectivity index (χ3v) is 2.76. The van der Waals surface area contributed by atoms with Crippen molar-refractivity contribution >= 4 is 0 Å². The minimum Gasteiger partial charge on any atom is -0.315 e. The van der Waals surface area contributed by atoms with Crippen LogP contribution in [0.15, 0.2) is 0 Å². The van der Waals surface area contributed by atoms with Gasteiger partial charge in [-0.15, -0.1) is 0 Å². The minimum atomic E-state index is -4.09. The quantitative estimate of drug-likeness (QED) is 0.646. The highest BCUT2D eigenvalue weighted by atomic mass is 19.4. The zero-order valence-electron chi connectivity index (χ0n) is 8.87. The molecule has 0 aromatic rings. The molecule has 15 heavy (non-hydrogen) atoms. The monoisotopic (exact) mass is 224 g/mol. The lowest BCUT2D eigenvalue weighted by atomic mass is 9.83. The summed E-state index contributed by atoms with van der Waals surface area (Å²) in [5.74, 6) is 0.862. The van der Waals surface area contributed by atoms with E-state index in [4.69, 9.17) is 0 Å². The van der Waals surface area contributed by atoms with Crippen LogP contribution in [0.1, 0.15) is 25.7 Å². The molecule has 0 aromatic carbocycles. The molecule has 90 valence electrons. The molecule has 0 atom stereocenters. The van der Waals surface area contributed by atoms with E-state index in [1.54, 1.807) is 0 Å². The molecule has 0 spiro atoms. The van der Waals surface area contributed by atoms with Crippen molar-refractivity contribution in [3.8, 4) is 0 Å². The largest absolute Gasteiger partial charge is 0.401 e. The molecule has 0 aromatic heterocycles. The molecule has 0 unspecified atom stereocenters. The first kappa shape index (κ1) is 12.8. The molecule has 0 bridgehead atoms. The predicted octanol–water partition coefficient (Wildman–Crippen LogP) is 1.92. The molecular formula is C10H19F3N2. The van der Waals surface area contributed by atoms with Crippen LogP contribution in [-0.4, -0.2) is 32.4 Å². The van der Waals surface area contributed by atoms with Crippen LogP contribution in [0.2, 0.25) is 0 Å². The first-order chi connectivity index (χ1) is 7.08. The van der Waals surface area contributed by atoms with Gasteiger partial charge in [0.25, 0.3) is 0 Å². The number of nitrogens with one attached hydrogen (secondary N) is 2. The lowest BCUT2D eigenvalue weighted by Crippen LogP contribution is -2.34. The standard InChI is InChI=1S/C10H19F3N2/c11-10(12,13)8-15-7-6-14-5-4-9-2-1-3-9/h9,14-15H,1-8H2. The van der Waals surface area contributed by atoms with E-state index < -0.39 is 12.7 Å².